The van der Waals surface area contributed by atoms with Gasteiger partial charge in [0.15, 0.2) is 0 Å². The highest BCUT2D eigenvalue weighted by Gasteiger charge is 2.31. The number of nitrogens with zero attached hydrogens (tertiary/aromatic N) is 4. The highest BCUT2D eigenvalue weighted by atomic mass is 32.1. The maximum Gasteiger partial charge on any atom is 0.226 e. The lowest BCUT2D eigenvalue weighted by atomic mass is 10.1. The summed E-state index contributed by atoms with van der Waals surface area (Å²) in [5, 5.41) is 9.40. The molecular formula is C16H21N5OS. The largest absolute Gasteiger partial charge is 0.351 e. The van der Waals surface area contributed by atoms with E-state index in [4.69, 9.17) is 0 Å². The van der Waals surface area contributed by atoms with Crippen LogP contribution in [0.3, 0.4) is 0 Å². The fraction of sp³-hybridized carbons (Fsp3) is 0.562. The van der Waals surface area contributed by atoms with Crippen molar-refractivity contribution in [1.29, 1.82) is 0 Å². The molecule has 23 heavy (non-hydrogen) atoms. The topological polar surface area (TPSA) is 63.1 Å². The van der Waals surface area contributed by atoms with Crippen LogP contribution in [-0.2, 0) is 24.4 Å². The van der Waals surface area contributed by atoms with Gasteiger partial charge in [0.25, 0.3) is 0 Å². The van der Waals surface area contributed by atoms with Gasteiger partial charge >= 0.3 is 0 Å². The van der Waals surface area contributed by atoms with Crippen molar-refractivity contribution in [2.45, 2.75) is 32.5 Å². The monoisotopic (exact) mass is 331 g/mol. The second-order valence-corrected chi connectivity index (χ2v) is 7.52. The molecule has 7 heteroatoms. The molecule has 2 aromatic heterocycles. The number of thiophene rings is 1. The van der Waals surface area contributed by atoms with E-state index in [1.165, 1.54) is 17.7 Å². The molecule has 0 bridgehead atoms. The highest BCUT2D eigenvalue weighted by Crippen LogP contribution is 2.31. The zero-order chi connectivity index (χ0) is 15.6. The highest BCUT2D eigenvalue weighted by molar-refractivity contribution is 7.09. The first-order valence-corrected chi connectivity index (χ1v) is 9.05. The fourth-order valence-electron chi connectivity index (χ4n) is 3.11. The quantitative estimate of drug-likeness (QED) is 0.902. The molecule has 1 aliphatic heterocycles. The lowest BCUT2D eigenvalue weighted by molar-refractivity contribution is -0.126. The molecule has 0 radical (unpaired) electrons. The third kappa shape index (κ3) is 3.61. The molecule has 122 valence electrons. The molecule has 0 unspecified atom stereocenters. The van der Waals surface area contributed by atoms with E-state index in [2.05, 4.69) is 20.3 Å². The van der Waals surface area contributed by atoms with E-state index >= 15 is 0 Å². The van der Waals surface area contributed by atoms with E-state index in [0.717, 1.165) is 31.4 Å². The van der Waals surface area contributed by atoms with Crippen LogP contribution in [0.4, 0.5) is 0 Å². The van der Waals surface area contributed by atoms with Gasteiger partial charge in [-0.2, -0.15) is 5.10 Å². The summed E-state index contributed by atoms with van der Waals surface area (Å²) >= 11 is 1.67. The van der Waals surface area contributed by atoms with Crippen molar-refractivity contribution in [3.05, 3.63) is 34.5 Å². The minimum absolute atomic E-state index is 0.0725. The molecule has 2 aromatic rings. The van der Waals surface area contributed by atoms with Crippen LogP contribution in [-0.4, -0.2) is 38.7 Å². The van der Waals surface area contributed by atoms with E-state index < -0.39 is 0 Å². The normalized spacial score (nSPS) is 21.7. The van der Waals surface area contributed by atoms with Crippen molar-refractivity contribution in [2.75, 3.05) is 13.1 Å². The fourth-order valence-corrected chi connectivity index (χ4v) is 3.75. The lowest BCUT2D eigenvalue weighted by Crippen LogP contribution is -2.39. The first kappa shape index (κ1) is 14.8. The van der Waals surface area contributed by atoms with Crippen molar-refractivity contribution in [2.24, 2.45) is 11.8 Å². The molecule has 1 atom stereocenters. The number of aromatic nitrogens is 3. The number of carbonyl (C=O) groups is 1. The van der Waals surface area contributed by atoms with Crippen LogP contribution in [0.2, 0.25) is 0 Å². The summed E-state index contributed by atoms with van der Waals surface area (Å²) < 4.78 is 1.89. The molecule has 4 rings (SSSR count). The Morgan fingerprint density at radius 1 is 1.39 bits per heavy atom. The summed E-state index contributed by atoms with van der Waals surface area (Å²) in [4.78, 5) is 20.5. The second-order valence-electron chi connectivity index (χ2n) is 6.49. The third-order valence-electron chi connectivity index (χ3n) is 4.53. The van der Waals surface area contributed by atoms with Gasteiger partial charge in [-0.05, 0) is 30.2 Å². The molecule has 1 fully saturated rings. The van der Waals surface area contributed by atoms with Crippen molar-refractivity contribution in [1.82, 2.24) is 25.0 Å². The molecule has 6 nitrogen and oxygen atoms in total. The third-order valence-corrected chi connectivity index (χ3v) is 5.41. The van der Waals surface area contributed by atoms with Crippen molar-refractivity contribution in [3.8, 4) is 0 Å². The Morgan fingerprint density at radius 2 is 2.30 bits per heavy atom. The van der Waals surface area contributed by atoms with Gasteiger partial charge in [-0.3, -0.25) is 9.69 Å². The molecule has 0 spiro atoms. The summed E-state index contributed by atoms with van der Waals surface area (Å²) in [7, 11) is 0. The number of amides is 1. The first-order valence-electron chi connectivity index (χ1n) is 8.17. The number of hydrogen-bond donors (Lipinski definition) is 1. The summed E-state index contributed by atoms with van der Waals surface area (Å²) in [6.45, 7) is 3.89. The van der Waals surface area contributed by atoms with Crippen molar-refractivity contribution < 1.29 is 4.79 Å². The number of rotatable bonds is 5. The zero-order valence-electron chi connectivity index (χ0n) is 13.0. The van der Waals surface area contributed by atoms with Gasteiger partial charge in [0, 0.05) is 18.0 Å². The maximum atomic E-state index is 12.6. The van der Waals surface area contributed by atoms with Crippen LogP contribution in [0.15, 0.2) is 23.8 Å². The van der Waals surface area contributed by atoms with E-state index in [1.807, 2.05) is 22.2 Å². The van der Waals surface area contributed by atoms with Crippen molar-refractivity contribution >= 4 is 17.2 Å². The minimum atomic E-state index is -0.0725. The smallest absolute Gasteiger partial charge is 0.226 e. The molecule has 2 aliphatic rings. The van der Waals surface area contributed by atoms with Crippen LogP contribution < -0.4 is 5.32 Å². The molecule has 1 aliphatic carbocycles. The Bertz CT molecular complexity index is 664. The van der Waals surface area contributed by atoms with Gasteiger partial charge in [0.2, 0.25) is 5.91 Å². The molecule has 3 heterocycles. The Kier molecular flexibility index (Phi) is 4.13. The van der Waals surface area contributed by atoms with Crippen LogP contribution >= 0.6 is 11.3 Å². The van der Waals surface area contributed by atoms with Gasteiger partial charge in [-0.15, -0.1) is 11.3 Å². The Hall–Kier alpha value is -1.73. The summed E-state index contributed by atoms with van der Waals surface area (Å²) in [6.07, 6.45) is 4.23. The predicted molar refractivity (Wildman–Crippen MR) is 87.7 cm³/mol. The number of carbonyl (C=O) groups excluding carboxylic acids is 1. The van der Waals surface area contributed by atoms with Gasteiger partial charge in [0.05, 0.1) is 25.6 Å². The average molecular weight is 331 g/mol. The first-order chi connectivity index (χ1) is 11.3. The van der Waals surface area contributed by atoms with E-state index in [0.29, 0.717) is 13.1 Å². The van der Waals surface area contributed by atoms with Gasteiger partial charge in [-0.1, -0.05) is 6.07 Å². The molecule has 1 N–H and O–H groups in total. The van der Waals surface area contributed by atoms with Crippen molar-refractivity contribution in [3.63, 3.8) is 0 Å². The van der Waals surface area contributed by atoms with Crippen LogP contribution in [0, 0.1) is 11.8 Å². The number of nitrogens with one attached hydrogen (secondary N) is 1. The Balaban J connectivity index is 1.44. The van der Waals surface area contributed by atoms with E-state index in [-0.39, 0.29) is 11.8 Å². The lowest BCUT2D eigenvalue weighted by Gasteiger charge is -2.23. The van der Waals surface area contributed by atoms with Crippen LogP contribution in [0.5, 0.6) is 0 Å². The Labute approximate surface area is 139 Å². The standard InChI is InChI=1S/C16H21N5OS/c22-16(17-6-14-2-1-5-23-14)13-8-20(7-12-3-4-12)10-15-18-11-19-21(15)9-13/h1-2,5,11-13H,3-4,6-10H2,(H,17,22)/t13-/m1/s1. The van der Waals surface area contributed by atoms with Gasteiger partial charge in [0.1, 0.15) is 12.2 Å². The molecule has 0 saturated heterocycles. The molecule has 0 aromatic carbocycles. The summed E-state index contributed by atoms with van der Waals surface area (Å²) in [6, 6.07) is 4.06. The molecule has 1 saturated carbocycles. The number of fused-ring (bicyclic) bond motifs is 1. The van der Waals surface area contributed by atoms with Crippen LogP contribution in [0.25, 0.3) is 0 Å². The molecule has 1 amide bonds. The predicted octanol–water partition coefficient (Wildman–Crippen LogP) is 1.50. The summed E-state index contributed by atoms with van der Waals surface area (Å²) in [5.41, 5.74) is 0. The SMILES string of the molecule is O=C(NCc1cccs1)[C@@H]1CN(CC2CC2)Cc2ncnn2C1. The zero-order valence-corrected chi connectivity index (χ0v) is 13.8. The van der Waals surface area contributed by atoms with Gasteiger partial charge < -0.3 is 5.32 Å². The molecular weight excluding hydrogens is 310 g/mol. The summed E-state index contributed by atoms with van der Waals surface area (Å²) in [5.74, 6) is 1.82. The maximum absolute atomic E-state index is 12.6. The second kappa shape index (κ2) is 6.41. The average Bonchev–Trinajstić information content (AvgIpc) is 3.07. The van der Waals surface area contributed by atoms with E-state index in [9.17, 15) is 4.79 Å². The minimum Gasteiger partial charge on any atom is -0.351 e. The number of hydrogen-bond acceptors (Lipinski definition) is 5. The van der Waals surface area contributed by atoms with E-state index in [1.54, 1.807) is 17.7 Å². The Morgan fingerprint density at radius 3 is 3.09 bits per heavy atom. The van der Waals surface area contributed by atoms with Gasteiger partial charge in [-0.25, -0.2) is 9.67 Å². The van der Waals surface area contributed by atoms with Crippen LogP contribution in [0.1, 0.15) is 23.5 Å².